The lowest BCUT2D eigenvalue weighted by Crippen LogP contribution is -2.29. The zero-order valence-corrected chi connectivity index (χ0v) is 20.8. The molecule has 1 fully saturated rings. The smallest absolute Gasteiger partial charge is 0.308 e. The number of rotatable bonds is 5. The fourth-order valence-electron chi connectivity index (χ4n) is 4.38. The van der Waals surface area contributed by atoms with E-state index < -0.39 is 23.7 Å². The molecule has 3 aromatic carbocycles. The van der Waals surface area contributed by atoms with Gasteiger partial charge in [-0.15, -0.1) is 0 Å². The summed E-state index contributed by atoms with van der Waals surface area (Å²) in [6, 6.07) is 16.2. The number of esters is 1. The van der Waals surface area contributed by atoms with Gasteiger partial charge in [0.25, 0.3) is 11.7 Å². The first-order chi connectivity index (χ1) is 17.1. The molecule has 0 aliphatic carbocycles. The summed E-state index contributed by atoms with van der Waals surface area (Å²) in [6.07, 6.45) is 0. The van der Waals surface area contributed by atoms with Gasteiger partial charge in [-0.05, 0) is 85.5 Å². The minimum atomic E-state index is -0.941. The number of carbonyl (C=O) groups is 3. The van der Waals surface area contributed by atoms with Crippen LogP contribution in [0, 0.1) is 20.8 Å². The number of amides is 1. The Morgan fingerprint density at radius 2 is 1.64 bits per heavy atom. The maximum absolute atomic E-state index is 13.4. The van der Waals surface area contributed by atoms with E-state index in [0.29, 0.717) is 28.1 Å². The molecule has 3 aromatic rings. The summed E-state index contributed by atoms with van der Waals surface area (Å²) >= 11 is 0. The monoisotopic (exact) mass is 485 g/mol. The van der Waals surface area contributed by atoms with Crippen LogP contribution in [0.2, 0.25) is 0 Å². The highest BCUT2D eigenvalue weighted by atomic mass is 16.5. The first kappa shape index (κ1) is 24.7. The number of methoxy groups -OCH3 is 1. The van der Waals surface area contributed by atoms with Crippen LogP contribution in [0.25, 0.3) is 5.76 Å². The van der Waals surface area contributed by atoms with Crippen molar-refractivity contribution in [2.75, 3.05) is 12.0 Å². The number of ketones is 1. The number of aryl methyl sites for hydroxylation is 3. The third kappa shape index (κ3) is 4.47. The molecule has 7 nitrogen and oxygen atoms in total. The number of ether oxygens (including phenoxy) is 2. The SMILES string of the molecule is COc1ccc(/C(O)=C2\C(=O)C(=O)N(c3ccc(C)c(C)c3)C2c2cccc(OC(C)=O)c2)c(C)c1. The average Bonchev–Trinajstić information content (AvgIpc) is 3.10. The van der Waals surface area contributed by atoms with Gasteiger partial charge in [-0.1, -0.05) is 18.2 Å². The van der Waals surface area contributed by atoms with Crippen LogP contribution in [0.1, 0.15) is 40.8 Å². The van der Waals surface area contributed by atoms with Gasteiger partial charge in [0.1, 0.15) is 17.3 Å². The predicted molar refractivity (Wildman–Crippen MR) is 136 cm³/mol. The largest absolute Gasteiger partial charge is 0.507 e. The molecule has 1 aliphatic heterocycles. The number of Topliss-reactive ketones (excluding diaryl/α,β-unsaturated/α-hetero) is 1. The van der Waals surface area contributed by atoms with E-state index in [1.165, 1.54) is 11.8 Å². The maximum atomic E-state index is 13.4. The van der Waals surface area contributed by atoms with Crippen molar-refractivity contribution in [3.05, 3.63) is 94.1 Å². The highest BCUT2D eigenvalue weighted by Gasteiger charge is 2.47. The van der Waals surface area contributed by atoms with Crippen molar-refractivity contribution in [3.63, 3.8) is 0 Å². The van der Waals surface area contributed by atoms with Gasteiger partial charge in [0.05, 0.1) is 18.7 Å². The van der Waals surface area contributed by atoms with E-state index >= 15 is 0 Å². The Labute approximate surface area is 209 Å². The second-order valence-electron chi connectivity index (χ2n) is 8.78. The molecule has 0 saturated carbocycles. The molecule has 1 atom stereocenters. The number of nitrogens with zero attached hydrogens (tertiary/aromatic N) is 1. The highest BCUT2D eigenvalue weighted by molar-refractivity contribution is 6.51. The van der Waals surface area contributed by atoms with Crippen molar-refractivity contribution >= 4 is 29.1 Å². The molecular weight excluding hydrogens is 458 g/mol. The molecule has 1 unspecified atom stereocenters. The fourth-order valence-corrected chi connectivity index (χ4v) is 4.38. The van der Waals surface area contributed by atoms with Crippen LogP contribution < -0.4 is 14.4 Å². The lowest BCUT2D eigenvalue weighted by atomic mass is 9.93. The molecule has 36 heavy (non-hydrogen) atoms. The van der Waals surface area contributed by atoms with E-state index in [2.05, 4.69) is 0 Å². The summed E-state index contributed by atoms with van der Waals surface area (Å²) in [7, 11) is 1.54. The fraction of sp³-hybridized carbons (Fsp3) is 0.207. The van der Waals surface area contributed by atoms with E-state index in [0.717, 1.165) is 11.1 Å². The van der Waals surface area contributed by atoms with E-state index in [-0.39, 0.29) is 17.1 Å². The predicted octanol–water partition coefficient (Wildman–Crippen LogP) is 5.17. The van der Waals surface area contributed by atoms with Crippen LogP contribution in [0.15, 0.2) is 66.2 Å². The molecule has 4 rings (SSSR count). The number of anilines is 1. The molecule has 184 valence electrons. The van der Waals surface area contributed by atoms with Crippen molar-refractivity contribution in [1.82, 2.24) is 0 Å². The quantitative estimate of drug-likeness (QED) is 0.176. The number of carbonyl (C=O) groups excluding carboxylic acids is 3. The van der Waals surface area contributed by atoms with Crippen LogP contribution in [-0.4, -0.2) is 29.9 Å². The van der Waals surface area contributed by atoms with Crippen molar-refractivity contribution < 1.29 is 29.0 Å². The number of benzene rings is 3. The molecule has 1 saturated heterocycles. The summed E-state index contributed by atoms with van der Waals surface area (Å²) < 4.78 is 10.5. The van der Waals surface area contributed by atoms with Crippen molar-refractivity contribution in [2.24, 2.45) is 0 Å². The molecule has 0 radical (unpaired) electrons. The molecule has 0 spiro atoms. The maximum Gasteiger partial charge on any atom is 0.308 e. The van der Waals surface area contributed by atoms with Gasteiger partial charge in [-0.2, -0.15) is 0 Å². The van der Waals surface area contributed by atoms with Crippen molar-refractivity contribution in [3.8, 4) is 11.5 Å². The lowest BCUT2D eigenvalue weighted by molar-refractivity contribution is -0.132. The zero-order chi connectivity index (χ0) is 26.1. The van der Waals surface area contributed by atoms with Crippen LogP contribution in [0.4, 0.5) is 5.69 Å². The number of hydrogen-bond donors (Lipinski definition) is 1. The van der Waals surface area contributed by atoms with Crippen LogP contribution in [-0.2, 0) is 14.4 Å². The van der Waals surface area contributed by atoms with Gasteiger partial charge < -0.3 is 14.6 Å². The Morgan fingerprint density at radius 3 is 2.28 bits per heavy atom. The van der Waals surface area contributed by atoms with E-state index in [1.54, 1.807) is 62.6 Å². The number of aliphatic hydroxyl groups is 1. The minimum Gasteiger partial charge on any atom is -0.507 e. The highest BCUT2D eigenvalue weighted by Crippen LogP contribution is 2.43. The molecular formula is C29H27NO6. The zero-order valence-electron chi connectivity index (χ0n) is 20.8. The molecule has 1 heterocycles. The van der Waals surface area contributed by atoms with E-state index in [1.807, 2.05) is 26.0 Å². The third-order valence-corrected chi connectivity index (χ3v) is 6.34. The van der Waals surface area contributed by atoms with Crippen LogP contribution >= 0.6 is 0 Å². The van der Waals surface area contributed by atoms with Crippen molar-refractivity contribution in [1.29, 1.82) is 0 Å². The standard InChI is InChI=1S/C29H27NO6/c1-16-9-10-21(13-17(16)2)30-26(20-7-6-8-23(15-20)36-19(4)31)25(28(33)29(30)34)27(32)24-12-11-22(35-5)14-18(24)3/h6-15,26,32H,1-5H3/b27-25+. The Bertz CT molecular complexity index is 1420. The summed E-state index contributed by atoms with van der Waals surface area (Å²) in [4.78, 5) is 39.8. The molecule has 7 heteroatoms. The van der Waals surface area contributed by atoms with Gasteiger partial charge in [0, 0.05) is 18.2 Å². The normalized spacial score (nSPS) is 16.8. The molecule has 1 aliphatic rings. The second kappa shape index (κ2) is 9.70. The Balaban J connectivity index is 1.96. The van der Waals surface area contributed by atoms with Crippen molar-refractivity contribution in [2.45, 2.75) is 33.7 Å². The summed E-state index contributed by atoms with van der Waals surface area (Å²) in [5.74, 6) is -1.47. The van der Waals surface area contributed by atoms with Crippen LogP contribution in [0.5, 0.6) is 11.5 Å². The minimum absolute atomic E-state index is 0.0496. The van der Waals surface area contributed by atoms with Crippen LogP contribution in [0.3, 0.4) is 0 Å². The average molecular weight is 486 g/mol. The first-order valence-corrected chi connectivity index (χ1v) is 11.4. The molecule has 0 bridgehead atoms. The van der Waals surface area contributed by atoms with Gasteiger partial charge in [0.15, 0.2) is 0 Å². The second-order valence-corrected chi connectivity index (χ2v) is 8.78. The van der Waals surface area contributed by atoms with Gasteiger partial charge in [-0.3, -0.25) is 19.3 Å². The summed E-state index contributed by atoms with van der Waals surface area (Å²) in [5.41, 5.74) is 4.07. The van der Waals surface area contributed by atoms with Gasteiger partial charge >= 0.3 is 5.97 Å². The van der Waals surface area contributed by atoms with E-state index in [9.17, 15) is 19.5 Å². The molecule has 1 N–H and O–H groups in total. The Morgan fingerprint density at radius 1 is 0.889 bits per heavy atom. The summed E-state index contributed by atoms with van der Waals surface area (Å²) in [5, 5.41) is 11.4. The summed E-state index contributed by atoms with van der Waals surface area (Å²) in [6.45, 7) is 6.96. The number of aliphatic hydroxyl groups excluding tert-OH is 1. The number of hydrogen-bond acceptors (Lipinski definition) is 6. The third-order valence-electron chi connectivity index (χ3n) is 6.34. The van der Waals surface area contributed by atoms with Gasteiger partial charge in [-0.25, -0.2) is 0 Å². The first-order valence-electron chi connectivity index (χ1n) is 11.4. The Kier molecular flexibility index (Phi) is 6.66. The lowest BCUT2D eigenvalue weighted by Gasteiger charge is -2.26. The molecule has 0 aromatic heterocycles. The molecule has 1 amide bonds. The Hall–Kier alpha value is -4.39. The van der Waals surface area contributed by atoms with Gasteiger partial charge in [0.2, 0.25) is 0 Å². The topological polar surface area (TPSA) is 93.1 Å². The van der Waals surface area contributed by atoms with E-state index in [4.69, 9.17) is 9.47 Å².